The van der Waals surface area contributed by atoms with E-state index in [0.29, 0.717) is 5.56 Å². The lowest BCUT2D eigenvalue weighted by Gasteiger charge is -2.24. The lowest BCUT2D eigenvalue weighted by molar-refractivity contribution is 0.300. The Morgan fingerprint density at radius 3 is 2.35 bits per heavy atom. The molecule has 0 aliphatic carbocycles. The monoisotopic (exact) mass is 274 g/mol. The molecule has 0 N–H and O–H groups in total. The van der Waals surface area contributed by atoms with Gasteiger partial charge in [0.15, 0.2) is 0 Å². The van der Waals surface area contributed by atoms with Crippen molar-refractivity contribution in [2.45, 2.75) is 34.1 Å². The summed E-state index contributed by atoms with van der Waals surface area (Å²) in [6.45, 7) is 13.7. The van der Waals surface area contributed by atoms with Crippen LogP contribution in [0.25, 0.3) is 0 Å². The summed E-state index contributed by atoms with van der Waals surface area (Å²) < 4.78 is 0. The van der Waals surface area contributed by atoms with Gasteiger partial charge in [0.2, 0.25) is 0 Å². The Morgan fingerprint density at radius 1 is 1.10 bits per heavy atom. The highest BCUT2D eigenvalue weighted by molar-refractivity contribution is 5.46. The van der Waals surface area contributed by atoms with Crippen LogP contribution in [0, 0.1) is 18.3 Å². The molecule has 1 aromatic rings. The minimum Gasteiger partial charge on any atom is -0.357 e. The number of aryl methyl sites for hydroxylation is 1. The van der Waals surface area contributed by atoms with Crippen LogP contribution in [0.15, 0.2) is 12.1 Å². The summed E-state index contributed by atoms with van der Waals surface area (Å²) in [7, 11) is 0. The molecule has 0 saturated heterocycles. The molecule has 4 heteroatoms. The molecule has 0 aromatic carbocycles. The van der Waals surface area contributed by atoms with Crippen molar-refractivity contribution in [3.63, 3.8) is 0 Å². The van der Waals surface area contributed by atoms with Gasteiger partial charge in [-0.15, -0.1) is 0 Å². The Labute approximate surface area is 123 Å². The molecule has 1 aromatic heterocycles. The van der Waals surface area contributed by atoms with E-state index in [-0.39, 0.29) is 0 Å². The van der Waals surface area contributed by atoms with E-state index in [0.717, 1.165) is 50.7 Å². The second-order valence-electron chi connectivity index (χ2n) is 4.93. The van der Waals surface area contributed by atoms with Crippen LogP contribution in [-0.2, 0) is 0 Å². The molecule has 0 bridgehead atoms. The van der Waals surface area contributed by atoms with Crippen LogP contribution < -0.4 is 4.90 Å². The third-order valence-electron chi connectivity index (χ3n) is 3.57. The molecule has 1 heterocycles. The van der Waals surface area contributed by atoms with E-state index in [1.54, 1.807) is 0 Å². The number of aromatic nitrogens is 1. The third kappa shape index (κ3) is 4.82. The maximum absolute atomic E-state index is 9.05. The first kappa shape index (κ1) is 16.5. The third-order valence-corrected chi connectivity index (χ3v) is 3.57. The number of rotatable bonds is 8. The standard InChI is InChI=1S/C16H26N4/c1-5-19(6-2)9-8-10-20(7-3)16-12-15(13-17)11-14(4)18-16/h11-12H,5-10H2,1-4H3. The predicted molar refractivity (Wildman–Crippen MR) is 84.0 cm³/mol. The summed E-state index contributed by atoms with van der Waals surface area (Å²) in [4.78, 5) is 9.23. The highest BCUT2D eigenvalue weighted by atomic mass is 15.2. The van der Waals surface area contributed by atoms with E-state index in [1.807, 2.05) is 19.1 Å². The van der Waals surface area contributed by atoms with E-state index in [2.05, 4.69) is 41.6 Å². The van der Waals surface area contributed by atoms with Crippen molar-refractivity contribution in [3.05, 3.63) is 23.4 Å². The molecule has 0 radical (unpaired) electrons. The van der Waals surface area contributed by atoms with Crippen molar-refractivity contribution in [2.24, 2.45) is 0 Å². The van der Waals surface area contributed by atoms with Crippen molar-refractivity contribution in [3.8, 4) is 6.07 Å². The molecule has 0 unspecified atom stereocenters. The largest absolute Gasteiger partial charge is 0.357 e. The smallest absolute Gasteiger partial charge is 0.130 e. The second kappa shape index (κ2) is 8.55. The quantitative estimate of drug-likeness (QED) is 0.731. The lowest BCUT2D eigenvalue weighted by Crippen LogP contribution is -2.30. The Morgan fingerprint density at radius 2 is 1.80 bits per heavy atom. The molecular weight excluding hydrogens is 248 g/mol. The van der Waals surface area contributed by atoms with Gasteiger partial charge < -0.3 is 9.80 Å². The van der Waals surface area contributed by atoms with Gasteiger partial charge >= 0.3 is 0 Å². The zero-order valence-electron chi connectivity index (χ0n) is 13.2. The molecule has 1 rings (SSSR count). The highest BCUT2D eigenvalue weighted by Crippen LogP contribution is 2.15. The number of hydrogen-bond donors (Lipinski definition) is 0. The van der Waals surface area contributed by atoms with Crippen LogP contribution in [0.1, 0.15) is 38.4 Å². The molecule has 0 spiro atoms. The average Bonchev–Trinajstić information content (AvgIpc) is 2.47. The normalized spacial score (nSPS) is 10.6. The molecule has 0 aliphatic rings. The molecule has 0 aliphatic heterocycles. The first-order valence-electron chi connectivity index (χ1n) is 7.50. The maximum Gasteiger partial charge on any atom is 0.130 e. The van der Waals surface area contributed by atoms with Gasteiger partial charge in [-0.25, -0.2) is 4.98 Å². The van der Waals surface area contributed by atoms with E-state index in [1.165, 1.54) is 0 Å². The number of anilines is 1. The van der Waals surface area contributed by atoms with Gasteiger partial charge in [0.05, 0.1) is 11.6 Å². The molecule has 0 fully saturated rings. The second-order valence-corrected chi connectivity index (χ2v) is 4.93. The Kier molecular flexibility index (Phi) is 7.03. The van der Waals surface area contributed by atoms with Gasteiger partial charge in [0.1, 0.15) is 5.82 Å². The SMILES string of the molecule is CCN(CC)CCCN(CC)c1cc(C#N)cc(C)n1. The van der Waals surface area contributed by atoms with Gasteiger partial charge in [0.25, 0.3) is 0 Å². The summed E-state index contributed by atoms with van der Waals surface area (Å²) in [5.74, 6) is 0.920. The van der Waals surface area contributed by atoms with E-state index in [4.69, 9.17) is 5.26 Å². The number of nitriles is 1. The lowest BCUT2D eigenvalue weighted by atomic mass is 10.2. The number of nitrogens with zero attached hydrogens (tertiary/aromatic N) is 4. The first-order chi connectivity index (χ1) is 9.64. The minimum absolute atomic E-state index is 0.690. The van der Waals surface area contributed by atoms with Gasteiger partial charge in [-0.2, -0.15) is 5.26 Å². The van der Waals surface area contributed by atoms with Crippen LogP contribution >= 0.6 is 0 Å². The Balaban J connectivity index is 2.67. The fourth-order valence-electron chi connectivity index (χ4n) is 2.34. The summed E-state index contributed by atoms with van der Waals surface area (Å²) in [5, 5.41) is 9.05. The van der Waals surface area contributed by atoms with E-state index >= 15 is 0 Å². The number of hydrogen-bond acceptors (Lipinski definition) is 4. The van der Waals surface area contributed by atoms with Crippen LogP contribution in [-0.4, -0.2) is 42.6 Å². The summed E-state index contributed by atoms with van der Waals surface area (Å²) in [6.07, 6.45) is 1.12. The Hall–Kier alpha value is -1.60. The topological polar surface area (TPSA) is 43.2 Å². The van der Waals surface area contributed by atoms with Crippen LogP contribution in [0.5, 0.6) is 0 Å². The summed E-state index contributed by atoms with van der Waals surface area (Å²) in [5.41, 5.74) is 1.59. The number of pyridine rings is 1. The van der Waals surface area contributed by atoms with Gasteiger partial charge in [0, 0.05) is 18.8 Å². The molecule has 20 heavy (non-hydrogen) atoms. The highest BCUT2D eigenvalue weighted by Gasteiger charge is 2.08. The van der Waals surface area contributed by atoms with Crippen LogP contribution in [0.3, 0.4) is 0 Å². The fourth-order valence-corrected chi connectivity index (χ4v) is 2.34. The average molecular weight is 274 g/mol. The van der Waals surface area contributed by atoms with E-state index < -0.39 is 0 Å². The Bertz CT molecular complexity index is 446. The van der Waals surface area contributed by atoms with Crippen molar-refractivity contribution < 1.29 is 0 Å². The molecular formula is C16H26N4. The van der Waals surface area contributed by atoms with Crippen molar-refractivity contribution in [1.82, 2.24) is 9.88 Å². The zero-order chi connectivity index (χ0) is 15.0. The van der Waals surface area contributed by atoms with Crippen molar-refractivity contribution in [1.29, 1.82) is 5.26 Å². The maximum atomic E-state index is 9.05. The summed E-state index contributed by atoms with van der Waals surface area (Å²) >= 11 is 0. The van der Waals surface area contributed by atoms with Crippen molar-refractivity contribution >= 4 is 5.82 Å². The molecule has 0 saturated carbocycles. The molecule has 4 nitrogen and oxygen atoms in total. The van der Waals surface area contributed by atoms with Crippen molar-refractivity contribution in [2.75, 3.05) is 37.6 Å². The zero-order valence-corrected chi connectivity index (χ0v) is 13.2. The molecule has 0 atom stereocenters. The fraction of sp³-hybridized carbons (Fsp3) is 0.625. The van der Waals surface area contributed by atoms with Gasteiger partial charge in [-0.05, 0) is 52.0 Å². The molecule has 0 amide bonds. The van der Waals surface area contributed by atoms with Gasteiger partial charge in [-0.1, -0.05) is 13.8 Å². The van der Waals surface area contributed by atoms with Crippen LogP contribution in [0.2, 0.25) is 0 Å². The minimum atomic E-state index is 0.690. The summed E-state index contributed by atoms with van der Waals surface area (Å²) in [6, 6.07) is 5.91. The predicted octanol–water partition coefficient (Wildman–Crippen LogP) is 2.82. The van der Waals surface area contributed by atoms with Gasteiger partial charge in [-0.3, -0.25) is 0 Å². The van der Waals surface area contributed by atoms with E-state index in [9.17, 15) is 0 Å². The molecule has 110 valence electrons. The van der Waals surface area contributed by atoms with Crippen LogP contribution in [0.4, 0.5) is 5.82 Å². The first-order valence-corrected chi connectivity index (χ1v) is 7.50.